The number of nitrogens with one attached hydrogen (secondary N) is 1. The van der Waals surface area contributed by atoms with Crippen LogP contribution in [-0.4, -0.2) is 38.0 Å². The van der Waals surface area contributed by atoms with E-state index in [1.54, 1.807) is 23.0 Å². The van der Waals surface area contributed by atoms with Crippen LogP contribution in [0.5, 0.6) is 0 Å². The van der Waals surface area contributed by atoms with Crippen molar-refractivity contribution < 1.29 is 4.92 Å². The van der Waals surface area contributed by atoms with E-state index in [1.807, 2.05) is 48.5 Å². The highest BCUT2D eigenvalue weighted by molar-refractivity contribution is 5.75. The fourth-order valence-electron chi connectivity index (χ4n) is 4.25. The number of pyridine rings is 1. The number of rotatable bonds is 10. The summed E-state index contributed by atoms with van der Waals surface area (Å²) in [5, 5.41) is 24.0. The van der Waals surface area contributed by atoms with Crippen LogP contribution in [0.25, 0.3) is 11.0 Å². The molecule has 1 N–H and O–H groups in total. The van der Waals surface area contributed by atoms with E-state index in [0.717, 1.165) is 35.4 Å². The molecule has 35 heavy (non-hydrogen) atoms. The predicted molar refractivity (Wildman–Crippen MR) is 139 cm³/mol. The van der Waals surface area contributed by atoms with Crippen LogP contribution in [0.1, 0.15) is 39.4 Å². The van der Waals surface area contributed by atoms with Gasteiger partial charge < -0.3 is 10.2 Å². The summed E-state index contributed by atoms with van der Waals surface area (Å²) in [6, 6.07) is 18.3. The number of fused-ring (bicyclic) bond motifs is 1. The molecule has 0 saturated heterocycles. The Balaban J connectivity index is 1.94. The summed E-state index contributed by atoms with van der Waals surface area (Å²) in [7, 11) is 0. The number of nitro groups is 1. The molecule has 2 aromatic carbocycles. The second-order valence-corrected chi connectivity index (χ2v) is 9.48. The Morgan fingerprint density at radius 3 is 2.37 bits per heavy atom. The Labute approximate surface area is 204 Å². The number of hydrogen-bond acceptors (Lipinski definition) is 7. The van der Waals surface area contributed by atoms with Gasteiger partial charge in [0.2, 0.25) is 0 Å². The highest BCUT2D eigenvalue weighted by Crippen LogP contribution is 2.35. The van der Waals surface area contributed by atoms with Gasteiger partial charge in [0.05, 0.1) is 10.4 Å². The van der Waals surface area contributed by atoms with E-state index in [4.69, 9.17) is 0 Å². The van der Waals surface area contributed by atoms with Crippen molar-refractivity contribution in [1.29, 1.82) is 0 Å². The van der Waals surface area contributed by atoms with Crippen molar-refractivity contribution in [3.8, 4) is 0 Å². The molecule has 0 aliphatic rings. The minimum atomic E-state index is -0.575. The number of benzene rings is 2. The molecule has 1 atom stereocenters. The predicted octanol–water partition coefficient (Wildman–Crippen LogP) is 5.51. The fraction of sp³-hybridized carbons (Fsp3) is 0.346. The molecule has 0 radical (unpaired) electrons. The molecular formula is C26H31N7O2. The first-order valence-electron chi connectivity index (χ1n) is 11.8. The minimum Gasteiger partial charge on any atom is -0.371 e. The molecule has 0 spiro atoms. The molecule has 2 heterocycles. The lowest BCUT2D eigenvalue weighted by Gasteiger charge is -2.32. The number of nitrogens with zero attached hydrogens (tertiary/aromatic N) is 6. The van der Waals surface area contributed by atoms with Crippen molar-refractivity contribution in [3.05, 3.63) is 82.5 Å². The average Bonchev–Trinajstić information content (AvgIpc) is 3.26. The summed E-state index contributed by atoms with van der Waals surface area (Å²) in [5.41, 5.74) is 3.24. The molecule has 0 bridgehead atoms. The maximum absolute atomic E-state index is 11.8. The Morgan fingerprint density at radius 1 is 1.00 bits per heavy atom. The summed E-state index contributed by atoms with van der Waals surface area (Å²) in [6.45, 7) is 10.3. The van der Waals surface area contributed by atoms with Gasteiger partial charge in [-0.2, -0.15) is 0 Å². The zero-order valence-corrected chi connectivity index (χ0v) is 20.5. The Bertz CT molecular complexity index is 1280. The molecule has 0 amide bonds. The van der Waals surface area contributed by atoms with Crippen LogP contribution >= 0.6 is 0 Å². The van der Waals surface area contributed by atoms with Crippen molar-refractivity contribution in [2.75, 3.05) is 23.3 Å². The first-order valence-corrected chi connectivity index (χ1v) is 11.8. The van der Waals surface area contributed by atoms with Gasteiger partial charge in [-0.05, 0) is 42.2 Å². The fourth-order valence-corrected chi connectivity index (χ4v) is 4.25. The maximum atomic E-state index is 11.8. The van der Waals surface area contributed by atoms with Crippen LogP contribution in [0, 0.1) is 22.0 Å². The lowest BCUT2D eigenvalue weighted by Crippen LogP contribution is -2.33. The lowest BCUT2D eigenvalue weighted by atomic mass is 10.0. The largest absolute Gasteiger partial charge is 0.371 e. The number of aromatic nitrogens is 4. The van der Waals surface area contributed by atoms with Crippen molar-refractivity contribution in [1.82, 2.24) is 20.0 Å². The molecule has 0 fully saturated rings. The topological polar surface area (TPSA) is 102 Å². The van der Waals surface area contributed by atoms with Crippen LogP contribution in [-0.2, 0) is 0 Å². The van der Waals surface area contributed by atoms with E-state index in [-0.39, 0.29) is 10.6 Å². The van der Waals surface area contributed by atoms with Gasteiger partial charge in [-0.1, -0.05) is 51.1 Å². The number of hydrogen-bond donors (Lipinski definition) is 1. The van der Waals surface area contributed by atoms with E-state index in [0.29, 0.717) is 17.7 Å². The van der Waals surface area contributed by atoms with Gasteiger partial charge >= 0.3 is 0 Å². The molecule has 182 valence electrons. The highest BCUT2D eigenvalue weighted by atomic mass is 16.6. The minimum absolute atomic E-state index is 0.0232. The van der Waals surface area contributed by atoms with Crippen molar-refractivity contribution in [3.63, 3.8) is 0 Å². The average molecular weight is 474 g/mol. The zero-order valence-electron chi connectivity index (χ0n) is 20.5. The molecular weight excluding hydrogens is 442 g/mol. The van der Waals surface area contributed by atoms with Gasteiger partial charge in [-0.25, -0.2) is 9.67 Å². The van der Waals surface area contributed by atoms with Crippen LogP contribution in [0.15, 0.2) is 66.9 Å². The van der Waals surface area contributed by atoms with E-state index in [9.17, 15) is 10.1 Å². The van der Waals surface area contributed by atoms with Crippen molar-refractivity contribution in [2.24, 2.45) is 11.8 Å². The van der Waals surface area contributed by atoms with Gasteiger partial charge in [-0.3, -0.25) is 10.1 Å². The monoisotopic (exact) mass is 473 g/mol. The highest BCUT2D eigenvalue weighted by Gasteiger charge is 2.27. The molecule has 0 aliphatic carbocycles. The standard InChI is InChI=1S/C26H31N7O2/c1-18(2)16-31(17-19(3)4)23-13-12-20(33(34)35)15-21(23)26(28-25-11-7-8-14-27-25)32-24-10-6-5-9-22(24)29-30-32/h5-15,18-19,26H,16-17H2,1-4H3,(H,27,28)/t26-/m0/s1. The van der Waals surface area contributed by atoms with Crippen LogP contribution in [0.4, 0.5) is 17.2 Å². The Hall–Kier alpha value is -4.01. The second-order valence-electron chi connectivity index (χ2n) is 9.48. The summed E-state index contributed by atoms with van der Waals surface area (Å²) in [6.07, 6.45) is 1.13. The first kappa shape index (κ1) is 24.1. The second kappa shape index (κ2) is 10.5. The van der Waals surface area contributed by atoms with E-state index >= 15 is 0 Å². The van der Waals surface area contributed by atoms with Crippen LogP contribution in [0.2, 0.25) is 0 Å². The molecule has 0 unspecified atom stereocenters. The molecule has 2 aromatic heterocycles. The number of anilines is 2. The normalized spacial score (nSPS) is 12.3. The summed E-state index contributed by atoms with van der Waals surface area (Å²) >= 11 is 0. The summed E-state index contributed by atoms with van der Waals surface area (Å²) < 4.78 is 1.77. The molecule has 4 aromatic rings. The zero-order chi connectivity index (χ0) is 24.9. The third-order valence-electron chi connectivity index (χ3n) is 5.60. The molecule has 9 heteroatoms. The van der Waals surface area contributed by atoms with Crippen molar-refractivity contribution >= 4 is 28.2 Å². The van der Waals surface area contributed by atoms with E-state index < -0.39 is 6.17 Å². The smallest absolute Gasteiger partial charge is 0.270 e. The molecule has 9 nitrogen and oxygen atoms in total. The molecule has 0 aliphatic heterocycles. The van der Waals surface area contributed by atoms with Gasteiger partial charge in [0.25, 0.3) is 5.69 Å². The SMILES string of the molecule is CC(C)CN(CC(C)C)c1ccc([N+](=O)[O-])cc1[C@@H](Nc1ccccn1)n1nnc2ccccc21. The Kier molecular flexibility index (Phi) is 7.24. The van der Waals surface area contributed by atoms with Gasteiger partial charge in [0.1, 0.15) is 11.3 Å². The van der Waals surface area contributed by atoms with E-state index in [2.05, 4.69) is 53.2 Å². The van der Waals surface area contributed by atoms with Crippen LogP contribution in [0.3, 0.4) is 0 Å². The molecule has 0 saturated carbocycles. The first-order chi connectivity index (χ1) is 16.8. The lowest BCUT2D eigenvalue weighted by molar-refractivity contribution is -0.384. The number of para-hydroxylation sites is 1. The maximum Gasteiger partial charge on any atom is 0.270 e. The van der Waals surface area contributed by atoms with Gasteiger partial charge in [0.15, 0.2) is 6.17 Å². The third kappa shape index (κ3) is 5.56. The van der Waals surface area contributed by atoms with Gasteiger partial charge in [-0.15, -0.1) is 5.10 Å². The quantitative estimate of drug-likeness (QED) is 0.239. The summed E-state index contributed by atoms with van der Waals surface area (Å²) in [4.78, 5) is 18.2. The van der Waals surface area contributed by atoms with Crippen molar-refractivity contribution in [2.45, 2.75) is 33.9 Å². The van der Waals surface area contributed by atoms with Gasteiger partial charge in [0, 0.05) is 42.7 Å². The Morgan fingerprint density at radius 2 is 1.71 bits per heavy atom. The van der Waals surface area contributed by atoms with Crippen LogP contribution < -0.4 is 10.2 Å². The summed E-state index contributed by atoms with van der Waals surface area (Å²) in [5.74, 6) is 1.45. The molecule has 4 rings (SSSR count). The number of nitro benzene ring substituents is 1. The van der Waals surface area contributed by atoms with E-state index in [1.165, 1.54) is 0 Å². The number of non-ortho nitro benzene ring substituents is 1. The third-order valence-corrected chi connectivity index (χ3v) is 5.60.